The van der Waals surface area contributed by atoms with E-state index in [1.54, 1.807) is 19.1 Å². The normalized spacial score (nSPS) is 13.9. The molecule has 0 fully saturated rings. The number of carbonyl (C=O) groups excluding carboxylic acids is 1. The first-order valence-corrected chi connectivity index (χ1v) is 13.8. The Kier molecular flexibility index (Phi) is 7.67. The highest BCUT2D eigenvalue weighted by molar-refractivity contribution is 9.10. The third kappa shape index (κ3) is 6.04. The molecular weight excluding hydrogens is 456 g/mol. The summed E-state index contributed by atoms with van der Waals surface area (Å²) in [6.07, 6.45) is 0.387. The zero-order valence-electron chi connectivity index (χ0n) is 18.7. The van der Waals surface area contributed by atoms with E-state index in [9.17, 15) is 10.1 Å². The van der Waals surface area contributed by atoms with Crippen molar-refractivity contribution in [2.75, 3.05) is 0 Å². The van der Waals surface area contributed by atoms with Crippen molar-refractivity contribution >= 4 is 30.2 Å². The van der Waals surface area contributed by atoms with Crippen LogP contribution in [0.15, 0.2) is 53.0 Å². The number of hydrogen-bond acceptors (Lipinski definition) is 3. The van der Waals surface area contributed by atoms with Gasteiger partial charge >= 0.3 is 0 Å². The molecule has 6 heteroatoms. The summed E-state index contributed by atoms with van der Waals surface area (Å²) in [7, 11) is -1.93. The van der Waals surface area contributed by atoms with Gasteiger partial charge in [-0.05, 0) is 54.4 Å². The molecule has 2 aromatic carbocycles. The van der Waals surface area contributed by atoms with Gasteiger partial charge in [0.1, 0.15) is 5.54 Å². The van der Waals surface area contributed by atoms with Crippen LogP contribution in [0.1, 0.15) is 49.2 Å². The van der Waals surface area contributed by atoms with Crippen molar-refractivity contribution in [3.05, 3.63) is 69.7 Å². The van der Waals surface area contributed by atoms with Crippen LogP contribution in [0.4, 0.5) is 0 Å². The van der Waals surface area contributed by atoms with E-state index in [1.807, 2.05) is 36.4 Å². The lowest BCUT2D eigenvalue weighted by Crippen LogP contribution is -2.46. The number of amides is 1. The molecule has 1 amide bonds. The second-order valence-corrected chi connectivity index (χ2v) is 15.0. The first kappa shape index (κ1) is 24.3. The molecule has 0 spiro atoms. The van der Waals surface area contributed by atoms with E-state index in [0.717, 1.165) is 15.6 Å². The Morgan fingerprint density at radius 3 is 2.30 bits per heavy atom. The molecule has 0 bridgehead atoms. The van der Waals surface area contributed by atoms with Crippen molar-refractivity contribution in [3.63, 3.8) is 0 Å². The lowest BCUT2D eigenvalue weighted by molar-refractivity contribution is 0.0924. The smallest absolute Gasteiger partial charge is 0.252 e. The number of nitrogens with one attached hydrogen (secondary N) is 1. The molecule has 2 rings (SSSR count). The van der Waals surface area contributed by atoms with Crippen LogP contribution in [-0.4, -0.2) is 19.8 Å². The highest BCUT2D eigenvalue weighted by Crippen LogP contribution is 2.38. The maximum Gasteiger partial charge on any atom is 0.252 e. The van der Waals surface area contributed by atoms with Gasteiger partial charge in [0.05, 0.1) is 12.7 Å². The van der Waals surface area contributed by atoms with Crippen LogP contribution in [0.3, 0.4) is 0 Å². The van der Waals surface area contributed by atoms with Gasteiger partial charge in [0.15, 0.2) is 8.32 Å². The molecular formula is C24H31BrN2O2Si. The van der Waals surface area contributed by atoms with Crippen LogP contribution in [0.2, 0.25) is 18.1 Å². The first-order chi connectivity index (χ1) is 13.9. The summed E-state index contributed by atoms with van der Waals surface area (Å²) in [4.78, 5) is 12.6. The second kappa shape index (κ2) is 9.46. The van der Waals surface area contributed by atoms with Gasteiger partial charge in [0.2, 0.25) is 0 Å². The molecule has 30 heavy (non-hydrogen) atoms. The Morgan fingerprint density at radius 2 is 1.73 bits per heavy atom. The molecule has 160 valence electrons. The van der Waals surface area contributed by atoms with E-state index in [0.29, 0.717) is 18.6 Å². The number of benzene rings is 2. The highest BCUT2D eigenvalue weighted by atomic mass is 79.9. The fourth-order valence-electron chi connectivity index (χ4n) is 2.80. The van der Waals surface area contributed by atoms with Gasteiger partial charge < -0.3 is 9.74 Å². The summed E-state index contributed by atoms with van der Waals surface area (Å²) in [5, 5.41) is 12.9. The van der Waals surface area contributed by atoms with Gasteiger partial charge in [-0.1, -0.05) is 67.0 Å². The summed E-state index contributed by atoms with van der Waals surface area (Å²) in [5.41, 5.74) is 1.51. The average Bonchev–Trinajstić information content (AvgIpc) is 2.67. The van der Waals surface area contributed by atoms with E-state index in [4.69, 9.17) is 4.43 Å². The van der Waals surface area contributed by atoms with Gasteiger partial charge in [-0.3, -0.25) is 4.79 Å². The largest absolute Gasteiger partial charge is 0.413 e. The fraction of sp³-hybridized carbons (Fsp3) is 0.417. The lowest BCUT2D eigenvalue weighted by Gasteiger charge is -2.36. The van der Waals surface area contributed by atoms with Crippen molar-refractivity contribution < 1.29 is 9.22 Å². The fourth-order valence-corrected chi connectivity index (χ4v) is 4.26. The Balaban J connectivity index is 2.25. The van der Waals surface area contributed by atoms with E-state index in [2.05, 4.69) is 61.2 Å². The molecule has 4 nitrogen and oxygen atoms in total. The quantitative estimate of drug-likeness (QED) is 0.471. The minimum Gasteiger partial charge on any atom is -0.413 e. The number of nitrogens with zero attached hydrogens (tertiary/aromatic N) is 1. The van der Waals surface area contributed by atoms with E-state index in [-0.39, 0.29) is 10.9 Å². The Bertz CT molecular complexity index is 932. The predicted octanol–water partition coefficient (Wildman–Crippen LogP) is 6.23. The third-order valence-corrected chi connectivity index (χ3v) is 11.0. The zero-order chi connectivity index (χ0) is 22.6. The molecule has 1 unspecified atom stereocenters. The molecule has 0 heterocycles. The van der Waals surface area contributed by atoms with E-state index < -0.39 is 13.9 Å². The molecule has 0 radical (unpaired) electrons. The molecule has 0 saturated carbocycles. The van der Waals surface area contributed by atoms with Crippen LogP contribution in [0.25, 0.3) is 0 Å². The zero-order valence-corrected chi connectivity index (χ0v) is 21.3. The topological polar surface area (TPSA) is 62.1 Å². The molecule has 0 aromatic heterocycles. The van der Waals surface area contributed by atoms with Gasteiger partial charge in [0, 0.05) is 16.5 Å². The van der Waals surface area contributed by atoms with Crippen molar-refractivity contribution in [1.82, 2.24) is 5.32 Å². The molecule has 0 aliphatic heterocycles. The summed E-state index contributed by atoms with van der Waals surface area (Å²) in [6.45, 7) is 13.3. The van der Waals surface area contributed by atoms with Gasteiger partial charge in [-0.15, -0.1) is 0 Å². The van der Waals surface area contributed by atoms with Crippen LogP contribution in [0, 0.1) is 11.3 Å². The summed E-state index contributed by atoms with van der Waals surface area (Å²) >= 11 is 3.65. The van der Waals surface area contributed by atoms with Crippen molar-refractivity contribution in [2.45, 2.75) is 64.4 Å². The van der Waals surface area contributed by atoms with E-state index >= 15 is 0 Å². The Labute approximate surface area is 189 Å². The predicted molar refractivity (Wildman–Crippen MR) is 128 cm³/mol. The highest BCUT2D eigenvalue weighted by Gasteiger charge is 2.37. The standard InChI is InChI=1S/C24H31BrN2O2Si/c1-23(2,3)30(5,6)29-16-20-19(13-10-14-21(20)25)15-24(4,17-26)27-22(28)18-11-8-7-9-12-18/h7-14H,15-16H2,1-6H3,(H,27,28). The molecule has 2 aromatic rings. The summed E-state index contributed by atoms with van der Waals surface area (Å²) in [6, 6.07) is 17.2. The van der Waals surface area contributed by atoms with Gasteiger partial charge in [0.25, 0.3) is 5.91 Å². The molecule has 0 aliphatic rings. The summed E-state index contributed by atoms with van der Waals surface area (Å²) < 4.78 is 7.39. The maximum atomic E-state index is 12.6. The molecule has 1 atom stereocenters. The Hall–Kier alpha value is -1.94. The number of halogens is 1. The Morgan fingerprint density at radius 1 is 1.10 bits per heavy atom. The SMILES string of the molecule is CC(C#N)(Cc1cccc(Br)c1CO[Si](C)(C)C(C)(C)C)NC(=O)c1ccccc1. The lowest BCUT2D eigenvalue weighted by atomic mass is 9.91. The number of rotatable bonds is 7. The van der Waals surface area contributed by atoms with Gasteiger partial charge in [-0.2, -0.15) is 5.26 Å². The van der Waals surface area contributed by atoms with Crippen LogP contribution in [0.5, 0.6) is 0 Å². The molecule has 0 aliphatic carbocycles. The van der Waals surface area contributed by atoms with Crippen LogP contribution < -0.4 is 5.32 Å². The first-order valence-electron chi connectivity index (χ1n) is 10.1. The average molecular weight is 488 g/mol. The van der Waals surface area contributed by atoms with Crippen LogP contribution in [-0.2, 0) is 17.5 Å². The minimum absolute atomic E-state index is 0.110. The van der Waals surface area contributed by atoms with E-state index in [1.165, 1.54) is 0 Å². The minimum atomic E-state index is -1.93. The van der Waals surface area contributed by atoms with Crippen molar-refractivity contribution in [1.29, 1.82) is 5.26 Å². The molecule has 1 N–H and O–H groups in total. The maximum absolute atomic E-state index is 12.6. The second-order valence-electron chi connectivity index (χ2n) is 9.37. The van der Waals surface area contributed by atoms with Crippen molar-refractivity contribution in [2.24, 2.45) is 0 Å². The monoisotopic (exact) mass is 486 g/mol. The van der Waals surface area contributed by atoms with Crippen LogP contribution >= 0.6 is 15.9 Å². The number of nitriles is 1. The number of carbonyl (C=O) groups is 1. The van der Waals surface area contributed by atoms with Gasteiger partial charge in [-0.25, -0.2) is 0 Å². The van der Waals surface area contributed by atoms with Crippen molar-refractivity contribution in [3.8, 4) is 6.07 Å². The third-order valence-electron chi connectivity index (χ3n) is 5.82. The molecule has 0 saturated heterocycles. The summed E-state index contributed by atoms with van der Waals surface area (Å²) in [5.74, 6) is -0.256. The number of hydrogen-bond donors (Lipinski definition) is 1.